The van der Waals surface area contributed by atoms with Crippen LogP contribution in [0.4, 0.5) is 5.82 Å². The van der Waals surface area contributed by atoms with E-state index in [1.54, 1.807) is 12.5 Å². The number of hydrogen-bond acceptors (Lipinski definition) is 5. The maximum Gasteiger partial charge on any atom is 0.234 e. The molecule has 23 heavy (non-hydrogen) atoms. The van der Waals surface area contributed by atoms with Gasteiger partial charge in [-0.25, -0.2) is 9.97 Å². The average molecular weight is 311 g/mol. The third kappa shape index (κ3) is 4.50. The lowest BCUT2D eigenvalue weighted by Crippen LogP contribution is -2.49. The summed E-state index contributed by atoms with van der Waals surface area (Å²) in [6, 6.07) is 11.9. The number of hydrogen-bond donors (Lipinski definition) is 1. The van der Waals surface area contributed by atoms with Crippen LogP contribution in [0.3, 0.4) is 0 Å². The number of anilines is 1. The predicted octanol–water partition coefficient (Wildman–Crippen LogP) is 0.915. The molecule has 1 aliphatic rings. The monoisotopic (exact) mass is 311 g/mol. The van der Waals surface area contributed by atoms with Crippen LogP contribution >= 0.6 is 0 Å². The van der Waals surface area contributed by atoms with Crippen LogP contribution in [-0.2, 0) is 11.3 Å². The quantitative estimate of drug-likeness (QED) is 0.889. The Labute approximate surface area is 136 Å². The first-order valence-corrected chi connectivity index (χ1v) is 7.85. The normalized spacial score (nSPS) is 15.4. The minimum Gasteiger partial charge on any atom is -0.354 e. The van der Waals surface area contributed by atoms with Gasteiger partial charge in [-0.3, -0.25) is 9.69 Å². The van der Waals surface area contributed by atoms with Crippen molar-refractivity contribution in [3.63, 3.8) is 0 Å². The van der Waals surface area contributed by atoms with Gasteiger partial charge < -0.3 is 10.2 Å². The van der Waals surface area contributed by atoms with Crippen molar-refractivity contribution in [1.82, 2.24) is 20.2 Å². The molecule has 1 aromatic carbocycles. The second-order valence-electron chi connectivity index (χ2n) is 5.59. The highest BCUT2D eigenvalue weighted by molar-refractivity contribution is 5.78. The van der Waals surface area contributed by atoms with Crippen molar-refractivity contribution in [3.8, 4) is 0 Å². The maximum atomic E-state index is 12.0. The lowest BCUT2D eigenvalue weighted by Gasteiger charge is -2.34. The smallest absolute Gasteiger partial charge is 0.234 e. The van der Waals surface area contributed by atoms with Crippen molar-refractivity contribution in [2.75, 3.05) is 37.6 Å². The lowest BCUT2D eigenvalue weighted by atomic mass is 10.2. The van der Waals surface area contributed by atoms with Crippen molar-refractivity contribution < 1.29 is 4.79 Å². The summed E-state index contributed by atoms with van der Waals surface area (Å²) in [5, 5.41) is 2.97. The van der Waals surface area contributed by atoms with Gasteiger partial charge in [-0.2, -0.15) is 0 Å². The molecule has 6 nitrogen and oxygen atoms in total. The number of benzene rings is 1. The van der Waals surface area contributed by atoms with Crippen LogP contribution in [0.2, 0.25) is 0 Å². The molecule has 0 radical (unpaired) electrons. The molecule has 2 heterocycles. The molecule has 0 atom stereocenters. The Morgan fingerprint density at radius 1 is 1.09 bits per heavy atom. The maximum absolute atomic E-state index is 12.0. The third-order valence-corrected chi connectivity index (χ3v) is 3.96. The van der Waals surface area contributed by atoms with Crippen molar-refractivity contribution >= 4 is 11.7 Å². The van der Waals surface area contributed by atoms with Gasteiger partial charge in [0.2, 0.25) is 5.91 Å². The number of nitrogens with one attached hydrogen (secondary N) is 1. The Hall–Kier alpha value is -2.47. The van der Waals surface area contributed by atoms with E-state index >= 15 is 0 Å². The molecule has 3 rings (SSSR count). The Bertz CT molecular complexity index is 611. The molecule has 1 amide bonds. The summed E-state index contributed by atoms with van der Waals surface area (Å²) in [6.07, 6.45) is 3.32. The summed E-state index contributed by atoms with van der Waals surface area (Å²) in [7, 11) is 0. The minimum atomic E-state index is 0.0735. The first-order valence-electron chi connectivity index (χ1n) is 7.85. The van der Waals surface area contributed by atoms with E-state index in [1.807, 2.05) is 36.4 Å². The first-order chi connectivity index (χ1) is 11.3. The molecular weight excluding hydrogens is 290 g/mol. The van der Waals surface area contributed by atoms with Gasteiger partial charge in [0.25, 0.3) is 0 Å². The van der Waals surface area contributed by atoms with Crippen LogP contribution < -0.4 is 10.2 Å². The van der Waals surface area contributed by atoms with Crippen LogP contribution in [0.15, 0.2) is 48.9 Å². The van der Waals surface area contributed by atoms with Gasteiger partial charge >= 0.3 is 0 Å². The zero-order chi connectivity index (χ0) is 15.9. The molecule has 1 aromatic heterocycles. The molecule has 6 heteroatoms. The summed E-state index contributed by atoms with van der Waals surface area (Å²) in [5.41, 5.74) is 1.12. The molecule has 2 aromatic rings. The number of nitrogens with zero attached hydrogens (tertiary/aromatic N) is 4. The Morgan fingerprint density at radius 2 is 1.87 bits per heavy atom. The SMILES string of the molecule is O=C(CN1CCN(c2ccncn2)CC1)NCc1ccccc1. The van der Waals surface area contributed by atoms with E-state index in [-0.39, 0.29) is 5.91 Å². The van der Waals surface area contributed by atoms with E-state index in [0.29, 0.717) is 13.1 Å². The van der Waals surface area contributed by atoms with Crippen LogP contribution in [0.25, 0.3) is 0 Å². The number of amides is 1. The fraction of sp³-hybridized carbons (Fsp3) is 0.353. The molecule has 0 unspecified atom stereocenters. The molecule has 0 bridgehead atoms. The van der Waals surface area contributed by atoms with Crippen molar-refractivity contribution in [2.45, 2.75) is 6.54 Å². The van der Waals surface area contributed by atoms with E-state index in [4.69, 9.17) is 0 Å². The lowest BCUT2D eigenvalue weighted by molar-refractivity contribution is -0.122. The highest BCUT2D eigenvalue weighted by atomic mass is 16.2. The van der Waals surface area contributed by atoms with Gasteiger partial charge in [0.15, 0.2) is 0 Å². The number of carbonyl (C=O) groups is 1. The van der Waals surface area contributed by atoms with Crippen molar-refractivity contribution in [1.29, 1.82) is 0 Å². The Balaban J connectivity index is 1.41. The van der Waals surface area contributed by atoms with Crippen LogP contribution in [0.1, 0.15) is 5.56 Å². The van der Waals surface area contributed by atoms with Gasteiger partial charge in [-0.15, -0.1) is 0 Å². The highest BCUT2D eigenvalue weighted by Gasteiger charge is 2.19. The second-order valence-corrected chi connectivity index (χ2v) is 5.59. The summed E-state index contributed by atoms with van der Waals surface area (Å²) in [4.78, 5) is 24.7. The summed E-state index contributed by atoms with van der Waals surface area (Å²) >= 11 is 0. The molecular formula is C17H21N5O. The third-order valence-electron chi connectivity index (χ3n) is 3.96. The summed E-state index contributed by atoms with van der Waals surface area (Å²) in [6.45, 7) is 4.52. The Kier molecular flexibility index (Phi) is 5.16. The minimum absolute atomic E-state index is 0.0735. The summed E-state index contributed by atoms with van der Waals surface area (Å²) < 4.78 is 0. The summed E-state index contributed by atoms with van der Waals surface area (Å²) in [5.74, 6) is 1.03. The van der Waals surface area contributed by atoms with E-state index in [2.05, 4.69) is 25.1 Å². The van der Waals surface area contributed by atoms with Crippen molar-refractivity contribution in [2.24, 2.45) is 0 Å². The van der Waals surface area contributed by atoms with E-state index < -0.39 is 0 Å². The van der Waals surface area contributed by atoms with Gasteiger partial charge in [-0.05, 0) is 11.6 Å². The largest absolute Gasteiger partial charge is 0.354 e. The van der Waals surface area contributed by atoms with Crippen LogP contribution in [-0.4, -0.2) is 53.5 Å². The van der Waals surface area contributed by atoms with E-state index in [0.717, 1.165) is 37.6 Å². The number of rotatable bonds is 5. The van der Waals surface area contributed by atoms with E-state index in [1.165, 1.54) is 0 Å². The van der Waals surface area contributed by atoms with Crippen LogP contribution in [0, 0.1) is 0 Å². The molecule has 120 valence electrons. The van der Waals surface area contributed by atoms with E-state index in [9.17, 15) is 4.79 Å². The average Bonchev–Trinajstić information content (AvgIpc) is 2.62. The standard InChI is InChI=1S/C17H21N5O/c23-17(19-12-15-4-2-1-3-5-15)13-21-8-10-22(11-9-21)16-6-7-18-14-20-16/h1-7,14H,8-13H2,(H,19,23). The molecule has 0 saturated carbocycles. The Morgan fingerprint density at radius 3 is 2.57 bits per heavy atom. The highest BCUT2D eigenvalue weighted by Crippen LogP contribution is 2.11. The fourth-order valence-electron chi connectivity index (χ4n) is 2.66. The van der Waals surface area contributed by atoms with Crippen LogP contribution in [0.5, 0.6) is 0 Å². The van der Waals surface area contributed by atoms with Gasteiger partial charge in [0, 0.05) is 38.9 Å². The number of piperazine rings is 1. The molecule has 1 saturated heterocycles. The van der Waals surface area contributed by atoms with Crippen molar-refractivity contribution in [3.05, 3.63) is 54.5 Å². The molecule has 0 aliphatic carbocycles. The number of aromatic nitrogens is 2. The predicted molar refractivity (Wildman–Crippen MR) is 89.0 cm³/mol. The molecule has 1 fully saturated rings. The zero-order valence-electron chi connectivity index (χ0n) is 13.1. The topological polar surface area (TPSA) is 61.4 Å². The molecule has 1 N–H and O–H groups in total. The fourth-order valence-corrected chi connectivity index (χ4v) is 2.66. The first kappa shape index (κ1) is 15.4. The number of carbonyl (C=O) groups excluding carboxylic acids is 1. The molecule has 1 aliphatic heterocycles. The van der Waals surface area contributed by atoms with Gasteiger partial charge in [0.05, 0.1) is 6.54 Å². The van der Waals surface area contributed by atoms with Gasteiger partial charge in [0.1, 0.15) is 12.1 Å². The van der Waals surface area contributed by atoms with Gasteiger partial charge in [-0.1, -0.05) is 30.3 Å². The molecule has 0 spiro atoms. The zero-order valence-corrected chi connectivity index (χ0v) is 13.1. The second kappa shape index (κ2) is 7.69.